The average molecular weight is 393 g/mol. The average Bonchev–Trinajstić information content (AvgIpc) is 2.88. The highest BCUT2D eigenvalue weighted by atomic mass is 19.4. The van der Waals surface area contributed by atoms with Gasteiger partial charge in [0.25, 0.3) is 5.91 Å². The molecule has 0 bridgehead atoms. The quantitative estimate of drug-likeness (QED) is 0.846. The molecule has 2 aromatic rings. The fourth-order valence-corrected chi connectivity index (χ4v) is 3.14. The fourth-order valence-electron chi connectivity index (χ4n) is 3.14. The highest BCUT2D eigenvalue weighted by molar-refractivity contribution is 5.90. The molecule has 1 aromatic carbocycles. The van der Waals surface area contributed by atoms with Gasteiger partial charge in [-0.2, -0.15) is 0 Å². The smallest absolute Gasteiger partial charge is 0.405 e. The molecule has 1 fully saturated rings. The first kappa shape index (κ1) is 19.9. The maximum absolute atomic E-state index is 12.6. The molecule has 149 valence electrons. The Balaban J connectivity index is 1.67. The van der Waals surface area contributed by atoms with E-state index >= 15 is 0 Å². The molecule has 3 rings (SSSR count). The Morgan fingerprint density at radius 3 is 2.71 bits per heavy atom. The fraction of sp³-hybridized carbons (Fsp3) is 0.368. The number of rotatable bonds is 5. The molecule has 2 N–H and O–H groups in total. The van der Waals surface area contributed by atoms with Gasteiger partial charge in [0.05, 0.1) is 0 Å². The highest BCUT2D eigenvalue weighted by Crippen LogP contribution is 2.27. The molecule has 1 aromatic heterocycles. The molecule has 0 aliphatic carbocycles. The molecule has 1 aliphatic rings. The van der Waals surface area contributed by atoms with Gasteiger partial charge in [-0.05, 0) is 24.6 Å². The lowest BCUT2D eigenvalue weighted by atomic mass is 10.2. The number of amides is 1. The summed E-state index contributed by atoms with van der Waals surface area (Å²) < 4.78 is 42.0. The van der Waals surface area contributed by atoms with Crippen molar-refractivity contribution in [1.82, 2.24) is 9.88 Å². The van der Waals surface area contributed by atoms with E-state index in [-0.39, 0.29) is 11.4 Å². The Kier molecular flexibility index (Phi) is 6.03. The summed E-state index contributed by atoms with van der Waals surface area (Å²) in [6.07, 6.45) is -3.92. The zero-order valence-electron chi connectivity index (χ0n) is 15.1. The van der Waals surface area contributed by atoms with Gasteiger partial charge in [0.1, 0.15) is 17.3 Å². The molecule has 1 saturated heterocycles. The van der Waals surface area contributed by atoms with Gasteiger partial charge < -0.3 is 15.4 Å². The lowest BCUT2D eigenvalue weighted by Crippen LogP contribution is -2.31. The van der Waals surface area contributed by atoms with E-state index in [4.69, 9.17) is 5.73 Å². The molecule has 0 saturated carbocycles. The third kappa shape index (κ3) is 5.35. The number of hydrogen-bond acceptors (Lipinski definition) is 5. The summed E-state index contributed by atoms with van der Waals surface area (Å²) in [4.78, 5) is 19.6. The highest BCUT2D eigenvalue weighted by Gasteiger charge is 2.32. The number of hydrogen-bond donors (Lipinski definition) is 1. The second-order valence-corrected chi connectivity index (χ2v) is 6.43. The van der Waals surface area contributed by atoms with Crippen LogP contribution in [-0.2, 0) is 6.54 Å². The third-order valence-electron chi connectivity index (χ3n) is 4.42. The predicted molar refractivity (Wildman–Crippen MR) is 96.8 cm³/mol. The summed E-state index contributed by atoms with van der Waals surface area (Å²) in [6, 6.07) is 12.2. The van der Waals surface area contributed by atoms with Gasteiger partial charge in [-0.3, -0.25) is 9.69 Å². The molecule has 1 aliphatic heterocycles. The van der Waals surface area contributed by atoms with E-state index in [0.29, 0.717) is 37.6 Å². The molecule has 0 spiro atoms. The van der Waals surface area contributed by atoms with Crippen LogP contribution in [0, 0.1) is 6.07 Å². The van der Waals surface area contributed by atoms with Crippen LogP contribution < -0.4 is 15.4 Å². The summed E-state index contributed by atoms with van der Waals surface area (Å²) in [5, 5.41) is 0. The van der Waals surface area contributed by atoms with Crippen molar-refractivity contribution in [2.75, 3.05) is 31.1 Å². The molecule has 2 heterocycles. The minimum Gasteiger partial charge on any atom is -0.405 e. The maximum Gasteiger partial charge on any atom is 0.573 e. The van der Waals surface area contributed by atoms with Crippen molar-refractivity contribution in [3.63, 3.8) is 0 Å². The lowest BCUT2D eigenvalue weighted by Gasteiger charge is -2.23. The van der Waals surface area contributed by atoms with Gasteiger partial charge in [0.15, 0.2) is 0 Å². The number of halogens is 3. The van der Waals surface area contributed by atoms with Gasteiger partial charge >= 0.3 is 6.36 Å². The molecule has 1 radical (unpaired) electrons. The van der Waals surface area contributed by atoms with E-state index < -0.39 is 12.3 Å². The first-order valence-electron chi connectivity index (χ1n) is 8.81. The second-order valence-electron chi connectivity index (χ2n) is 6.43. The maximum atomic E-state index is 12.6. The van der Waals surface area contributed by atoms with Crippen LogP contribution in [0.15, 0.2) is 36.4 Å². The van der Waals surface area contributed by atoms with Gasteiger partial charge in [-0.1, -0.05) is 18.2 Å². The second kappa shape index (κ2) is 8.47. The van der Waals surface area contributed by atoms with Crippen molar-refractivity contribution in [2.24, 2.45) is 5.73 Å². The number of aromatic nitrogens is 1. The minimum atomic E-state index is -4.72. The summed E-state index contributed by atoms with van der Waals surface area (Å²) in [5.74, 6) is -0.183. The van der Waals surface area contributed by atoms with E-state index in [2.05, 4.69) is 20.7 Å². The van der Waals surface area contributed by atoms with Crippen LogP contribution in [0.25, 0.3) is 0 Å². The Labute approximate surface area is 160 Å². The van der Waals surface area contributed by atoms with Crippen LogP contribution >= 0.6 is 0 Å². The number of carbonyl (C=O) groups is 1. The predicted octanol–water partition coefficient (Wildman–Crippen LogP) is 2.59. The van der Waals surface area contributed by atoms with Crippen LogP contribution in [0.2, 0.25) is 0 Å². The van der Waals surface area contributed by atoms with Crippen molar-refractivity contribution < 1.29 is 22.7 Å². The normalized spacial score (nSPS) is 15.9. The van der Waals surface area contributed by atoms with Crippen molar-refractivity contribution in [3.05, 3.63) is 53.7 Å². The first-order chi connectivity index (χ1) is 13.3. The van der Waals surface area contributed by atoms with Gasteiger partial charge in [-0.15, -0.1) is 13.2 Å². The zero-order valence-corrected chi connectivity index (χ0v) is 15.1. The van der Waals surface area contributed by atoms with Crippen molar-refractivity contribution >= 4 is 11.7 Å². The topological polar surface area (TPSA) is 71.7 Å². The van der Waals surface area contributed by atoms with Crippen LogP contribution in [0.1, 0.15) is 22.5 Å². The number of anilines is 1. The summed E-state index contributed by atoms with van der Waals surface area (Å²) >= 11 is 0. The van der Waals surface area contributed by atoms with Crippen LogP contribution in [0.4, 0.5) is 19.0 Å². The first-order valence-corrected chi connectivity index (χ1v) is 8.81. The Bertz CT molecular complexity index is 829. The van der Waals surface area contributed by atoms with E-state index in [1.54, 1.807) is 24.3 Å². The van der Waals surface area contributed by atoms with Crippen LogP contribution in [0.5, 0.6) is 5.75 Å². The number of nitrogens with zero attached hydrogens (tertiary/aromatic N) is 3. The number of alkyl halides is 3. The third-order valence-corrected chi connectivity index (χ3v) is 4.42. The van der Waals surface area contributed by atoms with E-state index in [1.807, 2.05) is 4.90 Å². The molecule has 0 unspecified atom stereocenters. The number of primary amides is 1. The number of pyridine rings is 1. The van der Waals surface area contributed by atoms with E-state index in [0.717, 1.165) is 13.0 Å². The molecule has 28 heavy (non-hydrogen) atoms. The number of nitrogens with two attached hydrogens (primary N) is 1. The number of ether oxygens (including phenoxy) is 1. The summed E-state index contributed by atoms with van der Waals surface area (Å²) in [7, 11) is 0. The molecule has 1 amide bonds. The van der Waals surface area contributed by atoms with Gasteiger partial charge in [0.2, 0.25) is 0 Å². The summed E-state index contributed by atoms with van der Waals surface area (Å²) in [6.45, 7) is 3.04. The number of para-hydroxylation sites is 1. The lowest BCUT2D eigenvalue weighted by molar-refractivity contribution is -0.275. The van der Waals surface area contributed by atoms with Crippen molar-refractivity contribution in [2.45, 2.75) is 19.3 Å². The molecule has 9 heteroatoms. The SMILES string of the molecule is NC(=O)c1[c]ccc(N2CCCN(Cc3ccccc3OC(F)(F)F)CC2)n1. The molecular formula is C19H20F3N4O2. The standard InChI is InChI=1S/C19H20F3N4O2/c20-19(21,22)28-16-7-2-1-5-14(16)13-25-9-4-10-26(12-11-25)17-8-3-6-15(24-17)18(23)27/h1-3,5,7-8H,4,9-13H2,(H2,23,27). The van der Waals surface area contributed by atoms with Crippen molar-refractivity contribution in [3.8, 4) is 5.75 Å². The van der Waals surface area contributed by atoms with Crippen molar-refractivity contribution in [1.29, 1.82) is 0 Å². The monoisotopic (exact) mass is 393 g/mol. The Morgan fingerprint density at radius 1 is 1.18 bits per heavy atom. The Hall–Kier alpha value is -2.81. The zero-order chi connectivity index (χ0) is 20.1. The molecule has 0 atom stereocenters. The summed E-state index contributed by atoms with van der Waals surface area (Å²) in [5.41, 5.74) is 5.82. The van der Waals surface area contributed by atoms with Gasteiger partial charge in [0, 0.05) is 44.4 Å². The molecular weight excluding hydrogens is 373 g/mol. The molecule has 6 nitrogen and oxygen atoms in total. The Morgan fingerprint density at radius 2 is 1.96 bits per heavy atom. The number of carbonyl (C=O) groups excluding carboxylic acids is 1. The largest absolute Gasteiger partial charge is 0.573 e. The van der Waals surface area contributed by atoms with E-state index in [9.17, 15) is 18.0 Å². The van der Waals surface area contributed by atoms with Crippen LogP contribution in [0.3, 0.4) is 0 Å². The minimum absolute atomic E-state index is 0.0804. The van der Waals surface area contributed by atoms with E-state index in [1.165, 1.54) is 12.1 Å². The number of benzene rings is 1. The van der Waals surface area contributed by atoms with Gasteiger partial charge in [-0.25, -0.2) is 4.98 Å². The van der Waals surface area contributed by atoms with Crippen LogP contribution in [-0.4, -0.2) is 48.3 Å².